The minimum absolute atomic E-state index is 0.0935. The van der Waals surface area contributed by atoms with Crippen molar-refractivity contribution in [1.29, 1.82) is 0 Å². The molecule has 0 saturated heterocycles. The number of aromatic nitrogens is 4. The van der Waals surface area contributed by atoms with E-state index in [0.29, 0.717) is 55.8 Å². The van der Waals surface area contributed by atoms with Crippen molar-refractivity contribution in [3.05, 3.63) is 113 Å². The largest absolute Gasteiger partial charge is 0.497 e. The molecule has 1 N–H and O–H groups in total. The molecule has 1 aliphatic carbocycles. The number of aromatic amines is 1. The molecule has 3 heterocycles. The second-order valence-corrected chi connectivity index (χ2v) is 10.8. The third-order valence-corrected chi connectivity index (χ3v) is 8.31. The second kappa shape index (κ2) is 9.58. The number of nitrogens with one attached hydrogen (secondary N) is 1. The molecule has 0 unspecified atom stereocenters. The fraction of sp³-hybridized carbons (Fsp3) is 0.0571. The van der Waals surface area contributed by atoms with Gasteiger partial charge in [-0.25, -0.2) is 9.67 Å². The van der Waals surface area contributed by atoms with Gasteiger partial charge in [0, 0.05) is 49.9 Å². The number of ether oxygens (including phenoxy) is 2. The highest BCUT2D eigenvalue weighted by Gasteiger charge is 2.36. The van der Waals surface area contributed by atoms with Crippen LogP contribution in [0.2, 0.25) is 5.02 Å². The molecule has 1 aliphatic rings. The van der Waals surface area contributed by atoms with Gasteiger partial charge in [0.15, 0.2) is 11.4 Å². The Labute approximate surface area is 251 Å². The third-order valence-electron chi connectivity index (χ3n) is 8.06. The lowest BCUT2D eigenvalue weighted by atomic mass is 9.92. The number of fused-ring (bicyclic) bond motifs is 5. The summed E-state index contributed by atoms with van der Waals surface area (Å²) in [7, 11) is 3.24. The first-order chi connectivity index (χ1) is 21.1. The number of halogens is 1. The Kier molecular flexibility index (Phi) is 5.64. The number of ketones is 1. The highest BCUT2D eigenvalue weighted by atomic mass is 35.5. The molecule has 8 heteroatoms. The molecule has 0 bridgehead atoms. The molecule has 0 amide bonds. The first kappa shape index (κ1) is 25.3. The lowest BCUT2D eigenvalue weighted by Crippen LogP contribution is -2.03. The highest BCUT2D eigenvalue weighted by Crippen LogP contribution is 2.49. The van der Waals surface area contributed by atoms with Crippen LogP contribution in [0.25, 0.3) is 61.3 Å². The van der Waals surface area contributed by atoms with E-state index in [0.717, 1.165) is 33.1 Å². The van der Waals surface area contributed by atoms with Crippen molar-refractivity contribution >= 4 is 39.3 Å². The average molecular weight is 583 g/mol. The number of methoxy groups -OCH3 is 2. The van der Waals surface area contributed by atoms with E-state index in [9.17, 15) is 4.79 Å². The van der Waals surface area contributed by atoms with Gasteiger partial charge in [0.2, 0.25) is 0 Å². The van der Waals surface area contributed by atoms with Crippen molar-refractivity contribution in [3.63, 3.8) is 0 Å². The molecule has 0 atom stereocenters. The van der Waals surface area contributed by atoms with E-state index < -0.39 is 0 Å². The minimum atomic E-state index is -0.0935. The van der Waals surface area contributed by atoms with Gasteiger partial charge in [0.25, 0.3) is 0 Å². The van der Waals surface area contributed by atoms with E-state index in [4.69, 9.17) is 31.2 Å². The Balaban J connectivity index is 1.59. The molecule has 7 aromatic rings. The summed E-state index contributed by atoms with van der Waals surface area (Å²) in [6.45, 7) is 0. The van der Waals surface area contributed by atoms with Crippen molar-refractivity contribution in [1.82, 2.24) is 19.7 Å². The summed E-state index contributed by atoms with van der Waals surface area (Å²) in [5, 5.41) is 7.54. The van der Waals surface area contributed by atoms with Crippen LogP contribution in [0, 0.1) is 0 Å². The van der Waals surface area contributed by atoms with Crippen LogP contribution in [-0.2, 0) is 0 Å². The Hall–Kier alpha value is -5.40. The van der Waals surface area contributed by atoms with Crippen molar-refractivity contribution in [3.8, 4) is 50.8 Å². The lowest BCUT2D eigenvalue weighted by Gasteiger charge is -2.15. The number of hydrogen-bond donors (Lipinski definition) is 1. The van der Waals surface area contributed by atoms with Crippen LogP contribution < -0.4 is 9.47 Å². The van der Waals surface area contributed by atoms with Gasteiger partial charge in [-0.3, -0.25) is 4.79 Å². The third kappa shape index (κ3) is 3.72. The van der Waals surface area contributed by atoms with Crippen molar-refractivity contribution in [2.24, 2.45) is 0 Å². The molecule has 0 radical (unpaired) electrons. The molecule has 4 aromatic carbocycles. The standard InChI is InChI=1S/C35H23ClN4O3/c1-42-21-15-16-28(43-2)25(17-21)29-30-32(23-8-3-4-9-24(23)34(30)41)38-35-31(29)33(26-18-37-27-10-6-5-7-22(26)27)39-40(35)20-13-11-19(36)12-14-20/h3-18,37H,1-2H3. The van der Waals surface area contributed by atoms with Crippen LogP contribution in [0.3, 0.4) is 0 Å². The summed E-state index contributed by atoms with van der Waals surface area (Å²) in [4.78, 5) is 22.8. The summed E-state index contributed by atoms with van der Waals surface area (Å²) in [6, 6.07) is 28.7. The molecule has 0 fully saturated rings. The molecule has 43 heavy (non-hydrogen) atoms. The smallest absolute Gasteiger partial charge is 0.196 e. The molecule has 7 nitrogen and oxygen atoms in total. The number of carbonyl (C=O) groups excluding carboxylic acids is 1. The maximum absolute atomic E-state index is 14.2. The zero-order valence-electron chi connectivity index (χ0n) is 23.2. The summed E-state index contributed by atoms with van der Waals surface area (Å²) in [6.07, 6.45) is 1.95. The molecule has 0 saturated carbocycles. The van der Waals surface area contributed by atoms with Crippen LogP contribution >= 0.6 is 11.6 Å². The Morgan fingerprint density at radius 2 is 1.53 bits per heavy atom. The number of rotatable bonds is 5. The predicted molar refractivity (Wildman–Crippen MR) is 169 cm³/mol. The average Bonchev–Trinajstić information content (AvgIpc) is 3.73. The number of H-pyrrole nitrogens is 1. The van der Waals surface area contributed by atoms with Crippen molar-refractivity contribution < 1.29 is 14.3 Å². The summed E-state index contributed by atoms with van der Waals surface area (Å²) >= 11 is 6.27. The molecule has 0 spiro atoms. The number of hydrogen-bond acceptors (Lipinski definition) is 5. The van der Waals surface area contributed by atoms with Crippen LogP contribution in [-0.4, -0.2) is 39.8 Å². The maximum Gasteiger partial charge on any atom is 0.196 e. The highest BCUT2D eigenvalue weighted by molar-refractivity contribution is 6.30. The first-order valence-corrected chi connectivity index (χ1v) is 14.1. The predicted octanol–water partition coefficient (Wildman–Crippen LogP) is 8.12. The van der Waals surface area contributed by atoms with E-state index >= 15 is 0 Å². The van der Waals surface area contributed by atoms with Crippen molar-refractivity contribution in [2.75, 3.05) is 14.2 Å². The molecule has 208 valence electrons. The normalized spacial score (nSPS) is 12.1. The fourth-order valence-corrected chi connectivity index (χ4v) is 6.21. The number of nitrogens with zero attached hydrogens (tertiary/aromatic N) is 3. The SMILES string of the molecule is COc1ccc(OC)c(-c2c3c(nc4c2c(-c2c[nH]c5ccccc25)nn4-c2ccc(Cl)cc2)-c2ccccc2C3=O)c1. The number of pyridine rings is 1. The van der Waals surface area contributed by atoms with E-state index in [1.165, 1.54) is 0 Å². The molecular weight excluding hydrogens is 560 g/mol. The topological polar surface area (TPSA) is 82.0 Å². The van der Waals surface area contributed by atoms with Gasteiger partial charge in [-0.2, -0.15) is 5.10 Å². The fourth-order valence-electron chi connectivity index (χ4n) is 6.08. The van der Waals surface area contributed by atoms with Crippen molar-refractivity contribution in [2.45, 2.75) is 0 Å². The zero-order chi connectivity index (χ0) is 29.2. The van der Waals surface area contributed by atoms with Crippen LogP contribution in [0.4, 0.5) is 0 Å². The minimum Gasteiger partial charge on any atom is -0.497 e. The molecule has 0 aliphatic heterocycles. The van der Waals surface area contributed by atoms with Crippen LogP contribution in [0.15, 0.2) is 97.2 Å². The second-order valence-electron chi connectivity index (χ2n) is 10.3. The number of benzene rings is 4. The Morgan fingerprint density at radius 3 is 2.33 bits per heavy atom. The van der Waals surface area contributed by atoms with E-state index in [1.807, 2.05) is 95.8 Å². The first-order valence-electron chi connectivity index (χ1n) is 13.7. The number of carbonyl (C=O) groups is 1. The Morgan fingerprint density at radius 1 is 0.767 bits per heavy atom. The Bertz CT molecular complexity index is 2250. The van der Waals surface area contributed by atoms with Gasteiger partial charge in [0.1, 0.15) is 17.2 Å². The number of para-hydroxylation sites is 1. The zero-order valence-corrected chi connectivity index (χ0v) is 23.9. The van der Waals surface area contributed by atoms with E-state index in [1.54, 1.807) is 14.2 Å². The molecular formula is C35H23ClN4O3. The maximum atomic E-state index is 14.2. The summed E-state index contributed by atoms with van der Waals surface area (Å²) in [5.74, 6) is 1.14. The van der Waals surface area contributed by atoms with Gasteiger partial charge in [-0.05, 0) is 48.5 Å². The molecule has 8 rings (SSSR count). The van der Waals surface area contributed by atoms with Gasteiger partial charge < -0.3 is 14.5 Å². The van der Waals surface area contributed by atoms with Crippen LogP contribution in [0.1, 0.15) is 15.9 Å². The monoisotopic (exact) mass is 582 g/mol. The summed E-state index contributed by atoms with van der Waals surface area (Å²) < 4.78 is 13.4. The quantitative estimate of drug-likeness (QED) is 0.222. The van der Waals surface area contributed by atoms with Gasteiger partial charge in [-0.1, -0.05) is 54.1 Å². The summed E-state index contributed by atoms with van der Waals surface area (Å²) in [5.41, 5.74) is 7.85. The van der Waals surface area contributed by atoms with Gasteiger partial charge in [-0.15, -0.1) is 0 Å². The molecule has 3 aromatic heterocycles. The van der Waals surface area contributed by atoms with Gasteiger partial charge >= 0.3 is 0 Å². The van der Waals surface area contributed by atoms with E-state index in [2.05, 4.69) is 11.1 Å². The van der Waals surface area contributed by atoms with E-state index in [-0.39, 0.29) is 5.78 Å². The lowest BCUT2D eigenvalue weighted by molar-refractivity contribution is 0.104. The van der Waals surface area contributed by atoms with Gasteiger partial charge in [0.05, 0.1) is 36.6 Å². The van der Waals surface area contributed by atoms with Crippen LogP contribution in [0.5, 0.6) is 11.5 Å².